The van der Waals surface area contributed by atoms with Crippen LogP contribution in [0.4, 0.5) is 0 Å². The molecule has 2 aromatic carbocycles. The average Bonchev–Trinajstić information content (AvgIpc) is 2.40. The third-order valence-corrected chi connectivity index (χ3v) is 7.03. The smallest absolute Gasteiger partial charge is 0.0144 e. The second-order valence-electron chi connectivity index (χ2n) is 4.77. The minimum atomic E-state index is -0.792. The Morgan fingerprint density at radius 2 is 1.24 bits per heavy atom. The molecule has 2 rings (SSSR count). The van der Waals surface area contributed by atoms with E-state index in [0.717, 1.165) is 0 Å². The van der Waals surface area contributed by atoms with Gasteiger partial charge in [0.25, 0.3) is 0 Å². The highest BCUT2D eigenvalue weighted by atomic mass is 32.3. The van der Waals surface area contributed by atoms with E-state index in [0.29, 0.717) is 5.25 Å². The van der Waals surface area contributed by atoms with Crippen LogP contribution in [0, 0.1) is 0 Å². The fourth-order valence-electron chi connectivity index (χ4n) is 2.04. The van der Waals surface area contributed by atoms with Crippen molar-refractivity contribution in [3.63, 3.8) is 0 Å². The minimum Gasteiger partial charge on any atom is -0.214 e. The molecule has 17 heavy (non-hydrogen) atoms. The molecule has 0 fully saturated rings. The van der Waals surface area contributed by atoms with Crippen molar-refractivity contribution in [2.45, 2.75) is 17.1 Å². The van der Waals surface area contributed by atoms with Crippen LogP contribution < -0.4 is 0 Å². The SMILES string of the molecule is CC(c1ccccc1)S(C)(C)c1ccccc1. The standard InChI is InChI=1S/C16H20S/c1-14(15-10-6-4-7-11-15)17(2,3)16-12-8-5-9-13-16/h4-14H,1-3H3. The second kappa shape index (κ2) is 4.97. The van der Waals surface area contributed by atoms with Crippen molar-refractivity contribution in [1.29, 1.82) is 0 Å². The van der Waals surface area contributed by atoms with Crippen molar-refractivity contribution in [3.8, 4) is 0 Å². The minimum absolute atomic E-state index is 0.589. The molecule has 0 bridgehead atoms. The molecular weight excluding hydrogens is 224 g/mol. The predicted octanol–water partition coefficient (Wildman–Crippen LogP) is 4.87. The van der Waals surface area contributed by atoms with Crippen LogP contribution in [-0.4, -0.2) is 12.5 Å². The molecule has 0 N–H and O–H groups in total. The zero-order valence-electron chi connectivity index (χ0n) is 10.8. The summed E-state index contributed by atoms with van der Waals surface area (Å²) in [4.78, 5) is 1.48. The van der Waals surface area contributed by atoms with Gasteiger partial charge in [0, 0.05) is 5.25 Å². The van der Waals surface area contributed by atoms with E-state index in [-0.39, 0.29) is 0 Å². The van der Waals surface area contributed by atoms with Crippen LogP contribution >= 0.6 is 10.0 Å². The molecule has 90 valence electrons. The first-order chi connectivity index (χ1) is 8.12. The van der Waals surface area contributed by atoms with Crippen LogP contribution in [0.3, 0.4) is 0 Å². The Hall–Kier alpha value is -1.21. The first kappa shape index (κ1) is 12.3. The third kappa shape index (κ3) is 2.55. The van der Waals surface area contributed by atoms with Gasteiger partial charge in [0.15, 0.2) is 0 Å². The fraction of sp³-hybridized carbons (Fsp3) is 0.250. The van der Waals surface area contributed by atoms with Gasteiger partial charge >= 0.3 is 0 Å². The van der Waals surface area contributed by atoms with Gasteiger partial charge in [-0.3, -0.25) is 0 Å². The van der Waals surface area contributed by atoms with E-state index >= 15 is 0 Å². The van der Waals surface area contributed by atoms with Crippen LogP contribution in [0.15, 0.2) is 65.6 Å². The normalized spacial score (nSPS) is 14.3. The molecule has 1 unspecified atom stereocenters. The molecular formula is C16H20S. The second-order valence-corrected chi connectivity index (χ2v) is 8.76. The maximum Gasteiger partial charge on any atom is 0.0144 e. The molecule has 0 spiro atoms. The Balaban J connectivity index is 2.33. The zero-order chi connectivity index (χ0) is 12.3. The molecule has 1 atom stereocenters. The Labute approximate surface area is 106 Å². The number of hydrogen-bond acceptors (Lipinski definition) is 0. The highest BCUT2D eigenvalue weighted by Crippen LogP contribution is 2.60. The molecule has 0 radical (unpaired) electrons. The van der Waals surface area contributed by atoms with Crippen molar-refractivity contribution in [2.75, 3.05) is 12.5 Å². The van der Waals surface area contributed by atoms with E-state index in [1.165, 1.54) is 10.5 Å². The third-order valence-electron chi connectivity index (χ3n) is 3.50. The number of hydrogen-bond donors (Lipinski definition) is 0. The van der Waals surface area contributed by atoms with Crippen LogP contribution in [0.5, 0.6) is 0 Å². The molecule has 0 amide bonds. The maximum absolute atomic E-state index is 2.40. The van der Waals surface area contributed by atoms with E-state index in [4.69, 9.17) is 0 Å². The molecule has 1 heteroatoms. The lowest BCUT2D eigenvalue weighted by Crippen LogP contribution is -2.06. The van der Waals surface area contributed by atoms with Crippen LogP contribution in [-0.2, 0) is 0 Å². The van der Waals surface area contributed by atoms with Crippen LogP contribution in [0.1, 0.15) is 17.7 Å². The van der Waals surface area contributed by atoms with Gasteiger partial charge in [-0.1, -0.05) is 67.6 Å². The van der Waals surface area contributed by atoms with E-state index in [1.807, 2.05) is 0 Å². The first-order valence-electron chi connectivity index (χ1n) is 5.94. The van der Waals surface area contributed by atoms with Crippen molar-refractivity contribution in [3.05, 3.63) is 66.2 Å². The summed E-state index contributed by atoms with van der Waals surface area (Å²) in [5, 5.41) is 0.589. The van der Waals surface area contributed by atoms with Gasteiger partial charge in [-0.2, -0.15) is 0 Å². The molecule has 0 aliphatic heterocycles. The molecule has 2 aromatic rings. The van der Waals surface area contributed by atoms with Gasteiger partial charge in [0.2, 0.25) is 0 Å². The molecule has 0 saturated heterocycles. The summed E-state index contributed by atoms with van der Waals surface area (Å²) in [6.45, 7) is 2.34. The summed E-state index contributed by atoms with van der Waals surface area (Å²) < 4.78 is 0. The largest absolute Gasteiger partial charge is 0.214 e. The van der Waals surface area contributed by atoms with Crippen molar-refractivity contribution >= 4 is 10.0 Å². The molecule has 0 aromatic heterocycles. The number of benzene rings is 2. The zero-order valence-corrected chi connectivity index (χ0v) is 11.6. The topological polar surface area (TPSA) is 0 Å². The molecule has 0 saturated carbocycles. The van der Waals surface area contributed by atoms with Gasteiger partial charge in [-0.05, 0) is 23.0 Å². The monoisotopic (exact) mass is 244 g/mol. The van der Waals surface area contributed by atoms with Gasteiger partial charge in [0.05, 0.1) is 0 Å². The lowest BCUT2D eigenvalue weighted by Gasteiger charge is -2.38. The Morgan fingerprint density at radius 1 is 0.765 bits per heavy atom. The van der Waals surface area contributed by atoms with Crippen molar-refractivity contribution in [2.24, 2.45) is 0 Å². The van der Waals surface area contributed by atoms with Gasteiger partial charge in [0.1, 0.15) is 0 Å². The van der Waals surface area contributed by atoms with Crippen molar-refractivity contribution in [1.82, 2.24) is 0 Å². The summed E-state index contributed by atoms with van der Waals surface area (Å²) in [6.07, 6.45) is 4.81. The lowest BCUT2D eigenvalue weighted by molar-refractivity contribution is 1.07. The molecule has 0 aliphatic rings. The lowest BCUT2D eigenvalue weighted by atomic mass is 10.2. The first-order valence-corrected chi connectivity index (χ1v) is 8.46. The highest BCUT2D eigenvalue weighted by Gasteiger charge is 2.23. The Kier molecular flexibility index (Phi) is 3.58. The number of rotatable bonds is 3. The quantitative estimate of drug-likeness (QED) is 0.722. The molecule has 0 aliphatic carbocycles. The van der Waals surface area contributed by atoms with E-state index < -0.39 is 10.0 Å². The highest BCUT2D eigenvalue weighted by molar-refractivity contribution is 8.32. The van der Waals surface area contributed by atoms with E-state index in [1.54, 1.807) is 0 Å². The molecule has 0 nitrogen and oxygen atoms in total. The van der Waals surface area contributed by atoms with E-state index in [2.05, 4.69) is 80.1 Å². The van der Waals surface area contributed by atoms with Gasteiger partial charge in [-0.25, -0.2) is 10.0 Å². The van der Waals surface area contributed by atoms with Gasteiger partial charge < -0.3 is 0 Å². The van der Waals surface area contributed by atoms with Crippen LogP contribution in [0.2, 0.25) is 0 Å². The predicted molar refractivity (Wildman–Crippen MR) is 79.0 cm³/mol. The van der Waals surface area contributed by atoms with Crippen LogP contribution in [0.25, 0.3) is 0 Å². The van der Waals surface area contributed by atoms with E-state index in [9.17, 15) is 0 Å². The average molecular weight is 244 g/mol. The fourth-order valence-corrected chi connectivity index (χ4v) is 4.14. The summed E-state index contributed by atoms with van der Waals surface area (Å²) in [6, 6.07) is 21.7. The Morgan fingerprint density at radius 3 is 1.76 bits per heavy atom. The maximum atomic E-state index is 2.40. The Bertz CT molecular complexity index is 459. The van der Waals surface area contributed by atoms with Gasteiger partial charge in [-0.15, -0.1) is 0 Å². The summed E-state index contributed by atoms with van der Waals surface area (Å²) in [5.74, 6) is 0. The summed E-state index contributed by atoms with van der Waals surface area (Å²) >= 11 is 0. The summed E-state index contributed by atoms with van der Waals surface area (Å²) in [7, 11) is -0.792. The van der Waals surface area contributed by atoms with Crippen molar-refractivity contribution < 1.29 is 0 Å². The summed E-state index contributed by atoms with van der Waals surface area (Å²) in [5.41, 5.74) is 1.44. The molecule has 0 heterocycles.